The molecule has 0 atom stereocenters. The van der Waals surface area contributed by atoms with Gasteiger partial charge in [0.1, 0.15) is 5.60 Å². The lowest BCUT2D eigenvalue weighted by Gasteiger charge is -2.36. The summed E-state index contributed by atoms with van der Waals surface area (Å²) >= 11 is 0. The smallest absolute Gasteiger partial charge is 0.410 e. The molecule has 1 amide bonds. The molecule has 22 heavy (non-hydrogen) atoms. The van der Waals surface area contributed by atoms with Gasteiger partial charge in [0.05, 0.1) is 11.4 Å². The quantitative estimate of drug-likeness (QED) is 0.928. The molecule has 0 aliphatic heterocycles. The summed E-state index contributed by atoms with van der Waals surface area (Å²) in [6.45, 7) is 14.8. The lowest BCUT2D eigenvalue weighted by molar-refractivity contribution is 0.00749. The highest BCUT2D eigenvalue weighted by Gasteiger charge is 2.30. The summed E-state index contributed by atoms with van der Waals surface area (Å²) < 4.78 is 7.27. The maximum Gasteiger partial charge on any atom is 0.410 e. The van der Waals surface area contributed by atoms with E-state index in [9.17, 15) is 4.79 Å². The predicted octanol–water partition coefficient (Wildman–Crippen LogP) is 3.18. The lowest BCUT2D eigenvalue weighted by atomic mass is 10.1. The Bertz CT molecular complexity index is 509. The topological polar surface area (TPSA) is 59.4 Å². The Kier molecular flexibility index (Phi) is 5.49. The summed E-state index contributed by atoms with van der Waals surface area (Å²) in [5.74, 6) is 0. The highest BCUT2D eigenvalue weighted by atomic mass is 16.6. The number of nitrogens with one attached hydrogen (secondary N) is 1. The Morgan fingerprint density at radius 3 is 2.32 bits per heavy atom. The minimum atomic E-state index is -0.492. The highest BCUT2D eigenvalue weighted by molar-refractivity contribution is 5.69. The molecule has 6 heteroatoms. The standard InChI is InChI=1S/C16H30N4O2/c1-12-13(11-19(8)18-12)17-9-10-20(15(2,3)4)14(21)22-16(5,6)7/h11,17H,9-10H2,1-8H3. The van der Waals surface area contributed by atoms with Crippen LogP contribution in [0.5, 0.6) is 0 Å². The average molecular weight is 310 g/mol. The van der Waals surface area contributed by atoms with E-state index in [2.05, 4.69) is 10.4 Å². The van der Waals surface area contributed by atoms with Crippen LogP contribution >= 0.6 is 0 Å². The first-order chi connectivity index (χ1) is 9.90. The van der Waals surface area contributed by atoms with E-state index >= 15 is 0 Å². The fourth-order valence-electron chi connectivity index (χ4n) is 2.09. The fourth-order valence-corrected chi connectivity index (χ4v) is 2.09. The van der Waals surface area contributed by atoms with Crippen molar-refractivity contribution in [3.05, 3.63) is 11.9 Å². The summed E-state index contributed by atoms with van der Waals surface area (Å²) in [6.07, 6.45) is 1.65. The number of carbonyl (C=O) groups excluding carboxylic acids is 1. The van der Waals surface area contributed by atoms with Crippen LogP contribution in [-0.4, -0.2) is 45.0 Å². The summed E-state index contributed by atoms with van der Waals surface area (Å²) in [7, 11) is 1.89. The van der Waals surface area contributed by atoms with Crippen molar-refractivity contribution in [1.82, 2.24) is 14.7 Å². The second-order valence-corrected chi connectivity index (χ2v) is 7.53. The maximum atomic E-state index is 12.4. The number of aryl methyl sites for hydroxylation is 2. The van der Waals surface area contributed by atoms with E-state index in [4.69, 9.17) is 4.74 Å². The predicted molar refractivity (Wildman–Crippen MR) is 89.1 cm³/mol. The largest absolute Gasteiger partial charge is 0.444 e. The molecule has 0 spiro atoms. The van der Waals surface area contributed by atoms with Crippen molar-refractivity contribution in [2.75, 3.05) is 18.4 Å². The zero-order valence-electron chi connectivity index (χ0n) is 15.1. The van der Waals surface area contributed by atoms with Gasteiger partial charge in [-0.1, -0.05) is 0 Å². The van der Waals surface area contributed by atoms with Gasteiger partial charge in [-0.2, -0.15) is 5.10 Å². The van der Waals surface area contributed by atoms with Gasteiger partial charge in [-0.25, -0.2) is 4.79 Å². The number of anilines is 1. The number of hydrogen-bond acceptors (Lipinski definition) is 4. The minimum Gasteiger partial charge on any atom is -0.444 e. The van der Waals surface area contributed by atoms with Gasteiger partial charge < -0.3 is 15.0 Å². The first kappa shape index (κ1) is 18.3. The Hall–Kier alpha value is -1.72. The first-order valence-corrected chi connectivity index (χ1v) is 7.65. The molecule has 6 nitrogen and oxygen atoms in total. The van der Waals surface area contributed by atoms with Crippen LogP contribution in [0.4, 0.5) is 10.5 Å². The van der Waals surface area contributed by atoms with E-state index in [1.165, 1.54) is 0 Å². The van der Waals surface area contributed by atoms with Crippen molar-refractivity contribution >= 4 is 11.8 Å². The lowest BCUT2D eigenvalue weighted by Crippen LogP contribution is -2.49. The molecule has 1 aromatic rings. The summed E-state index contributed by atoms with van der Waals surface area (Å²) in [4.78, 5) is 14.1. The van der Waals surface area contributed by atoms with Crippen molar-refractivity contribution in [3.63, 3.8) is 0 Å². The number of ether oxygens (including phenoxy) is 1. The van der Waals surface area contributed by atoms with Crippen LogP contribution < -0.4 is 5.32 Å². The highest BCUT2D eigenvalue weighted by Crippen LogP contribution is 2.18. The fraction of sp³-hybridized carbons (Fsp3) is 0.750. The summed E-state index contributed by atoms with van der Waals surface area (Å²) in [5.41, 5.74) is 1.14. The molecule has 0 unspecified atom stereocenters. The van der Waals surface area contributed by atoms with Crippen molar-refractivity contribution in [3.8, 4) is 0 Å². The molecule has 1 N–H and O–H groups in total. The molecule has 0 radical (unpaired) electrons. The van der Waals surface area contributed by atoms with Crippen molar-refractivity contribution in [2.24, 2.45) is 7.05 Å². The van der Waals surface area contributed by atoms with Crippen molar-refractivity contribution in [2.45, 2.75) is 59.6 Å². The molecule has 0 aromatic carbocycles. The van der Waals surface area contributed by atoms with Gasteiger partial charge in [-0.15, -0.1) is 0 Å². The third-order valence-corrected chi connectivity index (χ3v) is 3.09. The molecule has 0 aliphatic carbocycles. The number of aromatic nitrogens is 2. The zero-order valence-corrected chi connectivity index (χ0v) is 15.1. The van der Waals surface area contributed by atoms with E-state index in [-0.39, 0.29) is 11.6 Å². The molecular formula is C16H30N4O2. The van der Waals surface area contributed by atoms with Crippen molar-refractivity contribution < 1.29 is 9.53 Å². The Morgan fingerprint density at radius 2 is 1.91 bits per heavy atom. The number of nitrogens with zero attached hydrogens (tertiary/aromatic N) is 3. The number of amides is 1. The van der Waals surface area contributed by atoms with Crippen LogP contribution in [0.3, 0.4) is 0 Å². The maximum absolute atomic E-state index is 12.4. The van der Waals surface area contributed by atoms with Crippen LogP contribution in [-0.2, 0) is 11.8 Å². The van der Waals surface area contributed by atoms with Gasteiger partial charge in [-0.3, -0.25) is 4.68 Å². The van der Waals surface area contributed by atoms with E-state index < -0.39 is 5.60 Å². The molecule has 1 rings (SSSR count). The molecular weight excluding hydrogens is 280 g/mol. The van der Waals surface area contributed by atoms with Crippen LogP contribution in [0.25, 0.3) is 0 Å². The third kappa shape index (κ3) is 5.58. The van der Waals surface area contributed by atoms with E-state index in [1.807, 2.05) is 61.7 Å². The van der Waals surface area contributed by atoms with Gasteiger partial charge in [0, 0.05) is 31.9 Å². The van der Waals surface area contributed by atoms with Crippen LogP contribution in [0.2, 0.25) is 0 Å². The second kappa shape index (κ2) is 6.58. The van der Waals surface area contributed by atoms with Crippen LogP contribution in [0.1, 0.15) is 47.2 Å². The van der Waals surface area contributed by atoms with Gasteiger partial charge in [0.25, 0.3) is 0 Å². The van der Waals surface area contributed by atoms with Gasteiger partial charge >= 0.3 is 6.09 Å². The zero-order chi connectivity index (χ0) is 17.1. The average Bonchev–Trinajstić information content (AvgIpc) is 2.59. The van der Waals surface area contributed by atoms with E-state index in [1.54, 1.807) is 9.58 Å². The number of rotatable bonds is 4. The minimum absolute atomic E-state index is 0.287. The number of carbonyl (C=O) groups is 1. The van der Waals surface area contributed by atoms with Crippen molar-refractivity contribution in [1.29, 1.82) is 0 Å². The molecule has 1 heterocycles. The normalized spacial score (nSPS) is 12.2. The SMILES string of the molecule is Cc1nn(C)cc1NCCN(C(=O)OC(C)(C)C)C(C)(C)C. The summed E-state index contributed by atoms with van der Waals surface area (Å²) in [5, 5.41) is 7.61. The Morgan fingerprint density at radius 1 is 1.32 bits per heavy atom. The summed E-state index contributed by atoms with van der Waals surface area (Å²) in [6, 6.07) is 0. The Labute approximate surface area is 133 Å². The van der Waals surface area contributed by atoms with Gasteiger partial charge in [0.2, 0.25) is 0 Å². The van der Waals surface area contributed by atoms with Gasteiger partial charge in [0.15, 0.2) is 0 Å². The first-order valence-electron chi connectivity index (χ1n) is 7.65. The molecule has 0 aliphatic rings. The molecule has 126 valence electrons. The molecule has 0 saturated carbocycles. The number of hydrogen-bond donors (Lipinski definition) is 1. The van der Waals surface area contributed by atoms with E-state index in [0.29, 0.717) is 13.1 Å². The monoisotopic (exact) mass is 310 g/mol. The second-order valence-electron chi connectivity index (χ2n) is 7.53. The van der Waals surface area contributed by atoms with Crippen LogP contribution in [0.15, 0.2) is 6.20 Å². The third-order valence-electron chi connectivity index (χ3n) is 3.09. The van der Waals surface area contributed by atoms with Gasteiger partial charge in [-0.05, 0) is 48.5 Å². The van der Waals surface area contributed by atoms with E-state index in [0.717, 1.165) is 11.4 Å². The molecule has 0 saturated heterocycles. The molecule has 0 bridgehead atoms. The Balaban J connectivity index is 2.67. The van der Waals surface area contributed by atoms with Crippen LogP contribution in [0, 0.1) is 6.92 Å². The molecule has 1 aromatic heterocycles. The molecule has 0 fully saturated rings.